The van der Waals surface area contributed by atoms with E-state index in [1.165, 1.54) is 12.1 Å². The Morgan fingerprint density at radius 1 is 0.733 bits per heavy atom. The van der Waals surface area contributed by atoms with Crippen LogP contribution in [0.4, 0.5) is 17.1 Å². The second kappa shape index (κ2) is 8.46. The molecule has 0 aliphatic rings. The van der Waals surface area contributed by atoms with Crippen molar-refractivity contribution in [2.24, 2.45) is 0 Å². The van der Waals surface area contributed by atoms with Gasteiger partial charge in [-0.15, -0.1) is 0 Å². The van der Waals surface area contributed by atoms with Gasteiger partial charge in [-0.3, -0.25) is 34.9 Å². The van der Waals surface area contributed by atoms with Gasteiger partial charge >= 0.3 is 11.4 Å². The SMILES string of the molecule is O=S(=O)(O)c1ccc2ccccc2c1.O=[N+]([O-])c1cc([N+](=O)[O-])c(O)c([N+](=O)[O-])c1. The van der Waals surface area contributed by atoms with E-state index in [0.717, 1.165) is 10.8 Å². The lowest BCUT2D eigenvalue weighted by atomic mass is 10.1. The molecule has 0 bridgehead atoms. The summed E-state index contributed by atoms with van der Waals surface area (Å²) >= 11 is 0. The number of nitro benzene ring substituents is 3. The van der Waals surface area contributed by atoms with E-state index >= 15 is 0 Å². The number of phenolic OH excluding ortho intramolecular Hbond substituents is 1. The molecule has 2 N–H and O–H groups in total. The van der Waals surface area contributed by atoms with E-state index in [1.54, 1.807) is 12.1 Å². The van der Waals surface area contributed by atoms with E-state index in [2.05, 4.69) is 0 Å². The molecule has 3 aromatic carbocycles. The fourth-order valence-electron chi connectivity index (χ4n) is 2.30. The summed E-state index contributed by atoms with van der Waals surface area (Å²) in [5, 5.41) is 42.0. The lowest BCUT2D eigenvalue weighted by Gasteiger charge is -1.99. The topological polar surface area (TPSA) is 204 Å². The molecule has 0 saturated carbocycles. The maximum absolute atomic E-state index is 10.8. The Bertz CT molecular complexity index is 1240. The van der Waals surface area contributed by atoms with Crippen molar-refractivity contribution in [2.75, 3.05) is 0 Å². The summed E-state index contributed by atoms with van der Waals surface area (Å²) in [7, 11) is -4.09. The number of phenols is 1. The average molecular weight is 437 g/mol. The van der Waals surface area contributed by atoms with E-state index in [9.17, 15) is 38.8 Å². The third kappa shape index (κ3) is 5.00. The fourth-order valence-corrected chi connectivity index (χ4v) is 2.82. The molecule has 156 valence electrons. The Labute approximate surface area is 167 Å². The fraction of sp³-hybridized carbons (Fsp3) is 0. The highest BCUT2D eigenvalue weighted by Gasteiger charge is 2.30. The molecular weight excluding hydrogens is 426 g/mol. The second-order valence-electron chi connectivity index (χ2n) is 5.59. The van der Waals surface area contributed by atoms with E-state index < -0.39 is 47.7 Å². The molecular formula is C16H11N3O10S. The van der Waals surface area contributed by atoms with Gasteiger partial charge in [0.15, 0.2) is 0 Å². The predicted octanol–water partition coefficient (Wildman–Crippen LogP) is 3.20. The Kier molecular flexibility index (Phi) is 6.24. The highest BCUT2D eigenvalue weighted by atomic mass is 32.2. The van der Waals surface area contributed by atoms with Gasteiger partial charge in [0.2, 0.25) is 0 Å². The molecule has 0 atom stereocenters. The first kappa shape index (κ1) is 22.1. The minimum atomic E-state index is -4.09. The number of hydrogen-bond donors (Lipinski definition) is 2. The maximum Gasteiger partial charge on any atom is 0.324 e. The Morgan fingerprint density at radius 2 is 1.23 bits per heavy atom. The number of non-ortho nitro benzene ring substituents is 1. The number of aromatic hydroxyl groups is 1. The Balaban J connectivity index is 0.000000215. The first-order chi connectivity index (χ1) is 13.9. The summed E-state index contributed by atoms with van der Waals surface area (Å²) < 4.78 is 30.5. The van der Waals surface area contributed by atoms with Crippen LogP contribution in [-0.4, -0.2) is 32.8 Å². The molecule has 0 heterocycles. The number of rotatable bonds is 4. The minimum Gasteiger partial charge on any atom is -0.497 e. The molecule has 0 fully saturated rings. The molecule has 0 aliphatic heterocycles. The van der Waals surface area contributed by atoms with Crippen LogP contribution in [0.3, 0.4) is 0 Å². The third-order valence-electron chi connectivity index (χ3n) is 3.68. The molecule has 0 aliphatic carbocycles. The van der Waals surface area contributed by atoms with Crippen molar-refractivity contribution >= 4 is 38.0 Å². The van der Waals surface area contributed by atoms with Crippen molar-refractivity contribution in [2.45, 2.75) is 4.90 Å². The summed E-state index contributed by atoms with van der Waals surface area (Å²) in [5.41, 5.74) is -3.00. The minimum absolute atomic E-state index is 0.0730. The highest BCUT2D eigenvalue weighted by molar-refractivity contribution is 7.85. The smallest absolute Gasteiger partial charge is 0.324 e. The summed E-state index contributed by atoms with van der Waals surface area (Å²) in [6.07, 6.45) is 0. The summed E-state index contributed by atoms with van der Waals surface area (Å²) in [4.78, 5) is 27.7. The van der Waals surface area contributed by atoms with Gasteiger partial charge in [-0.05, 0) is 22.9 Å². The second-order valence-corrected chi connectivity index (χ2v) is 7.01. The quantitative estimate of drug-likeness (QED) is 0.346. The molecule has 3 aromatic rings. The molecule has 0 saturated heterocycles. The number of fused-ring (bicyclic) bond motifs is 1. The molecule has 0 unspecified atom stereocenters. The molecule has 0 spiro atoms. The first-order valence-electron chi connectivity index (χ1n) is 7.68. The lowest BCUT2D eigenvalue weighted by molar-refractivity contribution is -0.404. The molecule has 0 radical (unpaired) electrons. The van der Waals surface area contributed by atoms with Crippen molar-refractivity contribution in [1.29, 1.82) is 0 Å². The summed E-state index contributed by atoms with van der Waals surface area (Å²) in [6.45, 7) is 0. The largest absolute Gasteiger partial charge is 0.497 e. The normalized spacial score (nSPS) is 10.7. The van der Waals surface area contributed by atoms with Gasteiger partial charge < -0.3 is 5.11 Å². The molecule has 30 heavy (non-hydrogen) atoms. The molecule has 0 amide bonds. The van der Waals surface area contributed by atoms with Gasteiger partial charge in [-0.2, -0.15) is 8.42 Å². The number of hydrogen-bond acceptors (Lipinski definition) is 9. The van der Waals surface area contributed by atoms with Crippen LogP contribution in [0.5, 0.6) is 5.75 Å². The van der Waals surface area contributed by atoms with E-state index in [0.29, 0.717) is 12.1 Å². The van der Waals surface area contributed by atoms with Crippen LogP contribution >= 0.6 is 0 Å². The lowest BCUT2D eigenvalue weighted by Crippen LogP contribution is -1.97. The number of nitro groups is 3. The standard InChI is InChI=1S/C10H8O3S.C6H3N3O7/c11-14(12,13)10-6-5-8-3-1-2-4-9(8)7-10;10-6-4(8(13)14)1-3(7(11)12)2-5(6)9(15)16/h1-7H,(H,11,12,13);1-2,10H. The monoisotopic (exact) mass is 437 g/mol. The first-order valence-corrected chi connectivity index (χ1v) is 9.12. The predicted molar refractivity (Wildman–Crippen MR) is 102 cm³/mol. The Morgan fingerprint density at radius 3 is 1.67 bits per heavy atom. The molecule has 13 nitrogen and oxygen atoms in total. The van der Waals surface area contributed by atoms with Crippen LogP contribution in [0.25, 0.3) is 10.8 Å². The van der Waals surface area contributed by atoms with Crippen molar-refractivity contribution in [3.05, 3.63) is 84.9 Å². The van der Waals surface area contributed by atoms with Gasteiger partial charge in [-0.1, -0.05) is 30.3 Å². The van der Waals surface area contributed by atoms with Crippen LogP contribution in [0.1, 0.15) is 0 Å². The average Bonchev–Trinajstić information content (AvgIpc) is 2.67. The zero-order valence-corrected chi connectivity index (χ0v) is 15.4. The van der Waals surface area contributed by atoms with E-state index in [-0.39, 0.29) is 4.90 Å². The van der Waals surface area contributed by atoms with Crippen LogP contribution < -0.4 is 0 Å². The van der Waals surface area contributed by atoms with E-state index in [1.807, 2.05) is 18.2 Å². The van der Waals surface area contributed by atoms with Crippen LogP contribution in [0.2, 0.25) is 0 Å². The van der Waals surface area contributed by atoms with Crippen LogP contribution in [0.15, 0.2) is 59.5 Å². The summed E-state index contributed by atoms with van der Waals surface area (Å²) in [6, 6.07) is 12.8. The van der Waals surface area contributed by atoms with Gasteiger partial charge in [0.1, 0.15) is 0 Å². The van der Waals surface area contributed by atoms with Gasteiger partial charge in [0.25, 0.3) is 21.6 Å². The van der Waals surface area contributed by atoms with Crippen molar-refractivity contribution in [3.63, 3.8) is 0 Å². The van der Waals surface area contributed by atoms with Crippen LogP contribution in [-0.2, 0) is 10.1 Å². The van der Waals surface area contributed by atoms with E-state index in [4.69, 9.17) is 9.66 Å². The van der Waals surface area contributed by atoms with Crippen molar-refractivity contribution in [3.8, 4) is 5.75 Å². The molecule has 3 rings (SSSR count). The van der Waals surface area contributed by atoms with Crippen molar-refractivity contribution < 1.29 is 32.8 Å². The zero-order chi connectivity index (χ0) is 22.6. The zero-order valence-electron chi connectivity index (χ0n) is 14.6. The highest BCUT2D eigenvalue weighted by Crippen LogP contribution is 2.38. The van der Waals surface area contributed by atoms with Crippen molar-refractivity contribution in [1.82, 2.24) is 0 Å². The van der Waals surface area contributed by atoms with Crippen LogP contribution in [0, 0.1) is 30.3 Å². The number of benzene rings is 3. The van der Waals surface area contributed by atoms with Gasteiger partial charge in [-0.25, -0.2) is 0 Å². The molecule has 14 heteroatoms. The van der Waals surface area contributed by atoms with Gasteiger partial charge in [0.05, 0.1) is 31.8 Å². The summed E-state index contributed by atoms with van der Waals surface area (Å²) in [5.74, 6) is -1.21. The third-order valence-corrected chi connectivity index (χ3v) is 4.53. The maximum atomic E-state index is 10.8. The van der Waals surface area contributed by atoms with Gasteiger partial charge in [0, 0.05) is 0 Å². The Hall–Kier alpha value is -4.17. The number of nitrogens with zero attached hydrogens (tertiary/aromatic N) is 3. The molecule has 0 aromatic heterocycles.